The van der Waals surface area contributed by atoms with Crippen LogP contribution in [0, 0.1) is 34.0 Å². The summed E-state index contributed by atoms with van der Waals surface area (Å²) in [6, 6.07) is 29.9. The minimum absolute atomic E-state index is 0. The molecule has 61 heavy (non-hydrogen) atoms. The van der Waals surface area contributed by atoms with Crippen LogP contribution in [0.3, 0.4) is 0 Å². The molecule has 0 atom stereocenters. The first kappa shape index (κ1) is 52.1. The van der Waals surface area contributed by atoms with E-state index in [0.29, 0.717) is 36.3 Å². The summed E-state index contributed by atoms with van der Waals surface area (Å²) in [7, 11) is 0. The highest BCUT2D eigenvalue weighted by Crippen LogP contribution is 2.20. The zero-order valence-electron chi connectivity index (χ0n) is 36.4. The molecular formula is C46H63BrClN9O4. The van der Waals surface area contributed by atoms with Gasteiger partial charge in [-0.15, -0.1) is 0 Å². The number of amides is 2. The zero-order chi connectivity index (χ0) is 44.1. The largest absolute Gasteiger partial charge is 1.00 e. The van der Waals surface area contributed by atoms with Gasteiger partial charge in [0.15, 0.2) is 0 Å². The summed E-state index contributed by atoms with van der Waals surface area (Å²) in [4.78, 5) is 27.1. The van der Waals surface area contributed by atoms with Gasteiger partial charge in [-0.25, -0.2) is 9.59 Å². The lowest BCUT2D eigenvalue weighted by Gasteiger charge is -2.34. The van der Waals surface area contributed by atoms with Crippen molar-refractivity contribution < 1.29 is 36.8 Å². The van der Waals surface area contributed by atoms with E-state index in [0.717, 1.165) is 60.2 Å². The van der Waals surface area contributed by atoms with Crippen molar-refractivity contribution in [2.45, 2.75) is 109 Å². The van der Waals surface area contributed by atoms with Crippen LogP contribution < -0.4 is 34.1 Å². The molecule has 330 valence electrons. The molecule has 6 N–H and O–H groups in total. The minimum atomic E-state index is -0.454. The van der Waals surface area contributed by atoms with Crippen LogP contribution >= 0.6 is 15.9 Å². The number of hydrogen-bond donors (Lipinski definition) is 4. The number of nitrogens with zero attached hydrogens (tertiary/aromatic N) is 5. The van der Waals surface area contributed by atoms with Gasteiger partial charge < -0.3 is 53.4 Å². The molecule has 3 aromatic rings. The maximum atomic E-state index is 12.0. The van der Waals surface area contributed by atoms with E-state index in [1.165, 1.54) is 25.9 Å². The number of nitrogens with two attached hydrogens (primary N) is 2. The Labute approximate surface area is 377 Å². The van der Waals surface area contributed by atoms with Gasteiger partial charge in [0.1, 0.15) is 11.2 Å². The van der Waals surface area contributed by atoms with E-state index in [1.807, 2.05) is 102 Å². The van der Waals surface area contributed by atoms with E-state index in [1.54, 1.807) is 28.0 Å². The van der Waals surface area contributed by atoms with E-state index < -0.39 is 11.2 Å². The van der Waals surface area contributed by atoms with Crippen LogP contribution in [0.5, 0.6) is 0 Å². The summed E-state index contributed by atoms with van der Waals surface area (Å²) in [6.07, 6.45) is 5.44. The monoisotopic (exact) mass is 919 g/mol. The third-order valence-electron chi connectivity index (χ3n) is 9.46. The van der Waals surface area contributed by atoms with Crippen molar-refractivity contribution in [3.63, 3.8) is 0 Å². The number of rotatable bonds is 4. The van der Waals surface area contributed by atoms with Crippen LogP contribution in [0.15, 0.2) is 77.3 Å². The van der Waals surface area contributed by atoms with Gasteiger partial charge in [-0.1, -0.05) is 34.1 Å². The second-order valence-corrected chi connectivity index (χ2v) is 17.9. The molecule has 0 radical (unpaired) electrons. The Morgan fingerprint density at radius 3 is 1.41 bits per heavy atom. The smallest absolute Gasteiger partial charge is 0.410 e. The van der Waals surface area contributed by atoms with E-state index in [2.05, 4.69) is 44.0 Å². The molecule has 3 fully saturated rings. The van der Waals surface area contributed by atoms with Crippen molar-refractivity contribution in [2.75, 3.05) is 49.9 Å². The Morgan fingerprint density at radius 2 is 1.03 bits per heavy atom. The molecule has 3 aromatic carbocycles. The molecule has 0 bridgehead atoms. The molecule has 0 aromatic heterocycles. The third-order valence-corrected chi connectivity index (χ3v) is 9.95. The summed E-state index contributed by atoms with van der Waals surface area (Å²) < 4.78 is 11.6. The van der Waals surface area contributed by atoms with Crippen molar-refractivity contribution in [1.29, 1.82) is 15.8 Å². The molecule has 15 heteroatoms. The fourth-order valence-electron chi connectivity index (χ4n) is 6.40. The Hall–Kier alpha value is -5.04. The predicted octanol–water partition coefficient (Wildman–Crippen LogP) is 4.74. The van der Waals surface area contributed by atoms with Crippen molar-refractivity contribution >= 4 is 39.5 Å². The molecule has 3 saturated heterocycles. The normalized spacial score (nSPS) is 15.7. The van der Waals surface area contributed by atoms with Gasteiger partial charge in [-0.3, -0.25) is 0 Å². The van der Waals surface area contributed by atoms with Gasteiger partial charge in [-0.05, 0) is 122 Å². The summed E-state index contributed by atoms with van der Waals surface area (Å²) in [5, 5.41) is 35.4. The zero-order valence-corrected chi connectivity index (χ0v) is 38.8. The number of carbonyl (C=O) groups excluding carboxylic acids is 2. The van der Waals surface area contributed by atoms with Gasteiger partial charge in [0.05, 0.1) is 48.0 Å². The number of benzene rings is 3. The number of quaternary nitrogens is 1. The number of ether oxygens (including phenoxy) is 2. The molecule has 3 aliphatic rings. The first-order chi connectivity index (χ1) is 28.5. The number of nitriles is 3. The van der Waals surface area contributed by atoms with E-state index >= 15 is 0 Å². The summed E-state index contributed by atoms with van der Waals surface area (Å²) in [5.41, 5.74) is 8.97. The fourth-order valence-corrected chi connectivity index (χ4v) is 6.80. The maximum absolute atomic E-state index is 12.0. The van der Waals surface area contributed by atoms with Crippen molar-refractivity contribution in [3.05, 3.63) is 94.0 Å². The quantitative estimate of drug-likeness (QED) is 0.284. The SMILES string of the molecule is CC(C)(C)OC(=O)N1CCC(N)CC1.CC(C)(C)OC(=O)N1CCC(Nc2cccc(C#N)c2)CC1.N#Cc1cccc(Br)c1.N#Cc1cccc(NC2CC[NH2+]CC2)c1.[Cl-]. The number of anilines is 2. The Kier molecular flexibility index (Phi) is 22.5. The average Bonchev–Trinajstić information content (AvgIpc) is 3.21. The molecule has 3 heterocycles. The molecule has 0 saturated carbocycles. The molecule has 6 rings (SSSR count). The number of piperidine rings is 3. The van der Waals surface area contributed by atoms with Crippen LogP contribution in [0.1, 0.15) is 96.8 Å². The standard InChI is InChI=1S/C17H23N3O2.C12H15N3.C10H20N2O2.C7H4BrN.ClH/c1-17(2,3)22-16(21)20-9-7-14(8-10-20)19-15-6-4-5-13(11-15)12-18;13-9-10-2-1-3-12(8-10)15-11-4-6-14-7-5-11;1-10(2,3)14-9(13)12-6-4-8(11)5-7-12;8-7-3-1-2-6(4-7)5-9;/h4-6,11,14,19H,7-10H2,1-3H3;1-3,8,11,14-15H,4-7H2;8H,4-7,11H2,1-3H3;1-4H;1H. The maximum Gasteiger partial charge on any atom is 0.410 e. The lowest BCUT2D eigenvalue weighted by molar-refractivity contribution is -0.662. The van der Waals surface area contributed by atoms with Crippen molar-refractivity contribution in [1.82, 2.24) is 9.80 Å². The van der Waals surface area contributed by atoms with Gasteiger partial charge >= 0.3 is 12.2 Å². The van der Waals surface area contributed by atoms with Crippen LogP contribution in [0.2, 0.25) is 0 Å². The molecular weight excluding hydrogens is 858 g/mol. The average molecular weight is 921 g/mol. The fraction of sp³-hybridized carbons (Fsp3) is 0.500. The first-order valence-electron chi connectivity index (χ1n) is 20.7. The minimum Gasteiger partial charge on any atom is -1.00 e. The number of likely N-dealkylation sites (tertiary alicyclic amines) is 2. The number of hydrogen-bond acceptors (Lipinski definition) is 10. The van der Waals surface area contributed by atoms with Crippen LogP contribution in [-0.4, -0.2) is 90.6 Å². The number of nitrogens with one attached hydrogen (secondary N) is 2. The van der Waals surface area contributed by atoms with E-state index in [9.17, 15) is 9.59 Å². The van der Waals surface area contributed by atoms with Crippen LogP contribution in [0.4, 0.5) is 21.0 Å². The van der Waals surface area contributed by atoms with Crippen LogP contribution in [-0.2, 0) is 9.47 Å². The Bertz CT molecular complexity index is 1930. The van der Waals surface area contributed by atoms with Gasteiger partial charge in [0, 0.05) is 73.0 Å². The predicted molar refractivity (Wildman–Crippen MR) is 239 cm³/mol. The lowest BCUT2D eigenvalue weighted by Crippen LogP contribution is -3.00. The van der Waals surface area contributed by atoms with E-state index in [-0.39, 0.29) is 30.6 Å². The molecule has 0 spiro atoms. The second kappa shape index (κ2) is 26.3. The highest BCUT2D eigenvalue weighted by molar-refractivity contribution is 9.10. The molecule has 3 aliphatic heterocycles. The molecule has 13 nitrogen and oxygen atoms in total. The number of halogens is 2. The summed E-state index contributed by atoms with van der Waals surface area (Å²) in [5.74, 6) is 0. The van der Waals surface area contributed by atoms with Crippen molar-refractivity contribution in [3.8, 4) is 18.2 Å². The Morgan fingerprint density at radius 1 is 0.656 bits per heavy atom. The molecule has 0 unspecified atom stereocenters. The van der Waals surface area contributed by atoms with Crippen LogP contribution in [0.25, 0.3) is 0 Å². The van der Waals surface area contributed by atoms with Gasteiger partial charge in [0.25, 0.3) is 0 Å². The molecule has 2 amide bonds. The van der Waals surface area contributed by atoms with Gasteiger partial charge in [0.2, 0.25) is 0 Å². The topological polar surface area (TPSA) is 197 Å². The van der Waals surface area contributed by atoms with E-state index in [4.69, 9.17) is 31.0 Å². The first-order valence-corrected chi connectivity index (χ1v) is 21.5. The molecule has 0 aliphatic carbocycles. The highest BCUT2D eigenvalue weighted by atomic mass is 79.9. The summed E-state index contributed by atoms with van der Waals surface area (Å²) in [6.45, 7) is 16.5. The number of carbonyl (C=O) groups is 2. The highest BCUT2D eigenvalue weighted by Gasteiger charge is 2.27. The second-order valence-electron chi connectivity index (χ2n) is 17.0. The van der Waals surface area contributed by atoms with Gasteiger partial charge in [-0.2, -0.15) is 15.8 Å². The summed E-state index contributed by atoms with van der Waals surface area (Å²) >= 11 is 3.25. The Balaban J connectivity index is 0.000000291. The van der Waals surface area contributed by atoms with Crippen molar-refractivity contribution in [2.24, 2.45) is 5.73 Å². The third kappa shape index (κ3) is 21.4. The lowest BCUT2D eigenvalue weighted by atomic mass is 10.0.